The number of nitrogens with zero attached hydrogens (tertiary/aromatic N) is 1. The van der Waals surface area contributed by atoms with E-state index in [0.717, 1.165) is 0 Å². The van der Waals surface area contributed by atoms with Crippen LogP contribution in [-0.4, -0.2) is 16.6 Å². The Morgan fingerprint density at radius 1 is 0.870 bits per heavy atom. The largest absolute Gasteiger partial charge is 0.456 e. The molecule has 3 nitrogen and oxygen atoms in total. The summed E-state index contributed by atoms with van der Waals surface area (Å²) in [5, 5.41) is 2.62. The lowest BCUT2D eigenvalue weighted by Gasteiger charge is -2.19. The zero-order chi connectivity index (χ0) is 16.7. The molecule has 0 aliphatic rings. The van der Waals surface area contributed by atoms with Crippen LogP contribution in [0.15, 0.2) is 73.1 Å². The lowest BCUT2D eigenvalue weighted by molar-refractivity contribution is 0.00691. The molecule has 0 saturated heterocycles. The van der Waals surface area contributed by atoms with Crippen molar-refractivity contribution in [2.75, 3.05) is 0 Å². The monoisotopic (exact) mass is 307 g/mol. The van der Waals surface area contributed by atoms with Crippen LogP contribution in [0.25, 0.3) is 10.8 Å². The summed E-state index contributed by atoms with van der Waals surface area (Å²) in [5.74, 6) is -0.333. The normalized spacial score (nSPS) is 10.6. The van der Waals surface area contributed by atoms with Crippen molar-refractivity contribution in [2.45, 2.75) is 26.4 Å². The fourth-order valence-electron chi connectivity index (χ4n) is 1.95. The first-order valence-electron chi connectivity index (χ1n) is 7.53. The van der Waals surface area contributed by atoms with E-state index in [9.17, 15) is 4.79 Å². The van der Waals surface area contributed by atoms with Gasteiger partial charge in [-0.25, -0.2) is 4.79 Å². The second kappa shape index (κ2) is 7.54. The van der Waals surface area contributed by atoms with Gasteiger partial charge in [-0.05, 0) is 43.7 Å². The Hall–Kier alpha value is -2.68. The highest BCUT2D eigenvalue weighted by Crippen LogP contribution is 2.11. The van der Waals surface area contributed by atoms with Crippen LogP contribution >= 0.6 is 0 Å². The number of benzene rings is 2. The second-order valence-corrected chi connectivity index (χ2v) is 6.09. The third-order valence-electron chi connectivity index (χ3n) is 2.95. The van der Waals surface area contributed by atoms with Gasteiger partial charge in [0.05, 0.1) is 5.56 Å². The van der Waals surface area contributed by atoms with Crippen LogP contribution in [0, 0.1) is 0 Å². The van der Waals surface area contributed by atoms with Crippen molar-refractivity contribution in [3.05, 3.63) is 78.6 Å². The topological polar surface area (TPSA) is 39.2 Å². The highest BCUT2D eigenvalue weighted by atomic mass is 16.6. The number of pyridine rings is 1. The Morgan fingerprint density at radius 2 is 1.39 bits per heavy atom. The van der Waals surface area contributed by atoms with Gasteiger partial charge in [-0.1, -0.05) is 48.5 Å². The summed E-state index contributed by atoms with van der Waals surface area (Å²) in [6, 6.07) is 20.1. The van der Waals surface area contributed by atoms with Gasteiger partial charge in [0.15, 0.2) is 0 Å². The van der Waals surface area contributed by atoms with E-state index in [1.165, 1.54) is 17.0 Å². The summed E-state index contributed by atoms with van der Waals surface area (Å²) >= 11 is 0. The fourth-order valence-corrected chi connectivity index (χ4v) is 1.95. The Labute approximate surface area is 136 Å². The van der Waals surface area contributed by atoms with Gasteiger partial charge < -0.3 is 4.74 Å². The third-order valence-corrected chi connectivity index (χ3v) is 2.95. The van der Waals surface area contributed by atoms with Gasteiger partial charge in [-0.2, -0.15) is 0 Å². The SMILES string of the molecule is CC(C)(C)OC(=O)c1cccnc1.c1ccc2ccccc2c1. The molecule has 0 amide bonds. The summed E-state index contributed by atoms with van der Waals surface area (Å²) in [5.41, 5.74) is 0.0323. The molecule has 0 unspecified atom stereocenters. The second-order valence-electron chi connectivity index (χ2n) is 6.09. The van der Waals surface area contributed by atoms with Crippen molar-refractivity contribution in [1.29, 1.82) is 0 Å². The number of carbonyl (C=O) groups is 1. The van der Waals surface area contributed by atoms with Gasteiger partial charge in [0, 0.05) is 12.4 Å². The van der Waals surface area contributed by atoms with Crippen molar-refractivity contribution in [2.24, 2.45) is 0 Å². The molecule has 0 radical (unpaired) electrons. The molecule has 3 rings (SSSR count). The first-order valence-corrected chi connectivity index (χ1v) is 7.53. The zero-order valence-corrected chi connectivity index (χ0v) is 13.7. The Balaban J connectivity index is 0.000000172. The summed E-state index contributed by atoms with van der Waals surface area (Å²) in [6.07, 6.45) is 3.11. The molecule has 0 aliphatic heterocycles. The number of rotatable bonds is 1. The molecule has 23 heavy (non-hydrogen) atoms. The maximum atomic E-state index is 11.4. The Kier molecular flexibility index (Phi) is 5.47. The van der Waals surface area contributed by atoms with Crippen LogP contribution in [0.5, 0.6) is 0 Å². The molecule has 0 fully saturated rings. The molecule has 0 atom stereocenters. The van der Waals surface area contributed by atoms with Gasteiger partial charge >= 0.3 is 5.97 Å². The fraction of sp³-hybridized carbons (Fsp3) is 0.200. The molecular weight excluding hydrogens is 286 g/mol. The average molecular weight is 307 g/mol. The molecule has 0 N–H and O–H groups in total. The first kappa shape index (κ1) is 16.7. The van der Waals surface area contributed by atoms with Crippen molar-refractivity contribution in [3.63, 3.8) is 0 Å². The predicted octanol–water partition coefficient (Wildman–Crippen LogP) is 4.88. The summed E-state index contributed by atoms with van der Waals surface area (Å²) in [4.78, 5) is 15.2. The maximum absolute atomic E-state index is 11.4. The Morgan fingerprint density at radius 3 is 1.78 bits per heavy atom. The van der Waals surface area contributed by atoms with Crippen LogP contribution in [0.4, 0.5) is 0 Å². The molecule has 118 valence electrons. The minimum atomic E-state index is -0.451. The number of hydrogen-bond donors (Lipinski definition) is 0. The molecule has 1 aromatic heterocycles. The zero-order valence-electron chi connectivity index (χ0n) is 13.7. The molecule has 0 aliphatic carbocycles. The van der Waals surface area contributed by atoms with Crippen LogP contribution in [0.1, 0.15) is 31.1 Å². The van der Waals surface area contributed by atoms with E-state index >= 15 is 0 Å². The number of fused-ring (bicyclic) bond motifs is 1. The molecule has 2 aromatic carbocycles. The summed E-state index contributed by atoms with van der Waals surface area (Å²) in [6.45, 7) is 5.50. The quantitative estimate of drug-likeness (QED) is 0.602. The average Bonchev–Trinajstić information content (AvgIpc) is 2.55. The van der Waals surface area contributed by atoms with Gasteiger partial charge in [0.1, 0.15) is 5.60 Å². The van der Waals surface area contributed by atoms with Gasteiger partial charge in [-0.15, -0.1) is 0 Å². The van der Waals surface area contributed by atoms with Gasteiger partial charge in [-0.3, -0.25) is 4.98 Å². The highest BCUT2D eigenvalue weighted by molar-refractivity contribution is 5.89. The van der Waals surface area contributed by atoms with Crippen molar-refractivity contribution < 1.29 is 9.53 Å². The lowest BCUT2D eigenvalue weighted by atomic mass is 10.1. The van der Waals surface area contributed by atoms with Crippen molar-refractivity contribution >= 4 is 16.7 Å². The molecule has 3 aromatic rings. The van der Waals surface area contributed by atoms with Gasteiger partial charge in [0.25, 0.3) is 0 Å². The number of esters is 1. The molecular formula is C20H21NO2. The van der Waals surface area contributed by atoms with E-state index in [1.54, 1.807) is 18.3 Å². The van der Waals surface area contributed by atoms with Crippen LogP contribution in [0.3, 0.4) is 0 Å². The summed E-state index contributed by atoms with van der Waals surface area (Å²) in [7, 11) is 0. The molecule has 0 saturated carbocycles. The number of ether oxygens (including phenoxy) is 1. The minimum Gasteiger partial charge on any atom is -0.456 e. The third kappa shape index (κ3) is 5.55. The standard InChI is InChI=1S/C10H13NO2.C10H8/c1-10(2,3)13-9(12)8-5-4-6-11-7-8;1-2-6-10-8-4-3-7-9(10)5-1/h4-7H,1-3H3;1-8H. The van der Waals surface area contributed by atoms with Crippen molar-refractivity contribution in [3.8, 4) is 0 Å². The maximum Gasteiger partial charge on any atom is 0.340 e. The van der Waals surface area contributed by atoms with E-state index in [-0.39, 0.29) is 5.97 Å². The summed E-state index contributed by atoms with van der Waals surface area (Å²) < 4.78 is 5.14. The van der Waals surface area contributed by atoms with E-state index < -0.39 is 5.60 Å². The number of aromatic nitrogens is 1. The van der Waals surface area contributed by atoms with Crippen molar-refractivity contribution in [1.82, 2.24) is 4.98 Å². The lowest BCUT2D eigenvalue weighted by Crippen LogP contribution is -2.23. The molecule has 1 heterocycles. The predicted molar refractivity (Wildman–Crippen MR) is 93.4 cm³/mol. The molecule has 0 bridgehead atoms. The molecule has 3 heteroatoms. The number of carbonyl (C=O) groups excluding carboxylic acids is 1. The first-order chi connectivity index (χ1) is 11.0. The number of hydrogen-bond acceptors (Lipinski definition) is 3. The van der Waals surface area contributed by atoms with E-state index in [4.69, 9.17) is 4.74 Å². The van der Waals surface area contributed by atoms with E-state index in [0.29, 0.717) is 5.56 Å². The van der Waals surface area contributed by atoms with E-state index in [2.05, 4.69) is 53.5 Å². The highest BCUT2D eigenvalue weighted by Gasteiger charge is 2.17. The van der Waals surface area contributed by atoms with Crippen LogP contribution in [-0.2, 0) is 4.74 Å². The Bertz CT molecular complexity index is 696. The van der Waals surface area contributed by atoms with Gasteiger partial charge in [0.2, 0.25) is 0 Å². The van der Waals surface area contributed by atoms with Crippen LogP contribution in [0.2, 0.25) is 0 Å². The minimum absolute atomic E-state index is 0.333. The van der Waals surface area contributed by atoms with E-state index in [1.807, 2.05) is 20.8 Å². The smallest absolute Gasteiger partial charge is 0.340 e. The van der Waals surface area contributed by atoms with Crippen LogP contribution < -0.4 is 0 Å². The molecule has 0 spiro atoms.